The summed E-state index contributed by atoms with van der Waals surface area (Å²) in [5.74, 6) is -0.640. The van der Waals surface area contributed by atoms with Gasteiger partial charge in [0.2, 0.25) is 0 Å². The first-order valence-corrected chi connectivity index (χ1v) is 11.7. The lowest BCUT2D eigenvalue weighted by molar-refractivity contribution is -0.117. The molecule has 7 nitrogen and oxygen atoms in total. The quantitative estimate of drug-likeness (QED) is 0.301. The number of ether oxygens (including phenoxy) is 2. The van der Waals surface area contributed by atoms with Gasteiger partial charge in [0.25, 0.3) is 11.8 Å². The molecule has 3 rings (SSSR count). The van der Waals surface area contributed by atoms with Crippen LogP contribution in [0.4, 0.5) is 8.78 Å². The second-order valence-electron chi connectivity index (χ2n) is 7.69. The number of carbonyl (C=O) groups is 2. The van der Waals surface area contributed by atoms with E-state index in [1.807, 2.05) is 24.3 Å². The van der Waals surface area contributed by atoms with Crippen LogP contribution in [0.2, 0.25) is 5.02 Å². The number of aliphatic hydroxyl groups is 1. The second kappa shape index (κ2) is 14.0. The van der Waals surface area contributed by atoms with Gasteiger partial charge < -0.3 is 25.2 Å². The Balaban J connectivity index is 1.64. The van der Waals surface area contributed by atoms with Gasteiger partial charge in [-0.1, -0.05) is 35.9 Å². The zero-order valence-electron chi connectivity index (χ0n) is 19.6. The molecule has 0 saturated carbocycles. The third-order valence-electron chi connectivity index (χ3n) is 5.00. The molecule has 0 aliphatic heterocycles. The number of benzene rings is 3. The van der Waals surface area contributed by atoms with Gasteiger partial charge >= 0.3 is 6.61 Å². The number of halogens is 3. The van der Waals surface area contributed by atoms with Crippen molar-refractivity contribution in [3.63, 3.8) is 0 Å². The van der Waals surface area contributed by atoms with Gasteiger partial charge in [-0.15, -0.1) is 0 Å². The number of hydrogen-bond donors (Lipinski definition) is 3. The average Bonchev–Trinajstić information content (AvgIpc) is 2.89. The van der Waals surface area contributed by atoms with Gasteiger partial charge in [0.15, 0.2) is 0 Å². The predicted molar refractivity (Wildman–Crippen MR) is 136 cm³/mol. The summed E-state index contributed by atoms with van der Waals surface area (Å²) in [5, 5.41) is 14.7. The lowest BCUT2D eigenvalue weighted by atomic mass is 10.1. The highest BCUT2D eigenvalue weighted by Crippen LogP contribution is 2.18. The third kappa shape index (κ3) is 9.21. The molecule has 0 heterocycles. The van der Waals surface area contributed by atoms with Gasteiger partial charge in [-0.25, -0.2) is 0 Å². The summed E-state index contributed by atoms with van der Waals surface area (Å²) in [6.45, 7) is -2.83. The number of amides is 2. The first kappa shape index (κ1) is 27.6. The zero-order valence-corrected chi connectivity index (χ0v) is 20.4. The molecule has 0 fully saturated rings. The first-order valence-electron chi connectivity index (χ1n) is 11.3. The molecule has 0 aromatic heterocycles. The summed E-state index contributed by atoms with van der Waals surface area (Å²) in [7, 11) is 0. The number of carbonyl (C=O) groups excluding carboxylic acids is 2. The second-order valence-corrected chi connectivity index (χ2v) is 8.12. The van der Waals surface area contributed by atoms with Crippen LogP contribution in [-0.2, 0) is 11.2 Å². The molecule has 0 spiro atoms. The summed E-state index contributed by atoms with van der Waals surface area (Å²) in [6, 6.07) is 19.4. The van der Waals surface area contributed by atoms with E-state index in [4.69, 9.17) is 21.4 Å². The SMILES string of the molecule is O=C(NCCO)/C(=C\c1ccc(OC(F)F)cc1)NC(=O)c1ccc(OCCc2ccc(Cl)cc2)cc1. The van der Waals surface area contributed by atoms with E-state index >= 15 is 0 Å². The summed E-state index contributed by atoms with van der Waals surface area (Å²) in [6.07, 6.45) is 2.07. The summed E-state index contributed by atoms with van der Waals surface area (Å²) in [4.78, 5) is 25.3. The highest BCUT2D eigenvalue weighted by Gasteiger charge is 2.15. The molecule has 3 aromatic rings. The number of alkyl halides is 2. The van der Waals surface area contributed by atoms with Crippen molar-refractivity contribution in [3.8, 4) is 11.5 Å². The van der Waals surface area contributed by atoms with Crippen LogP contribution in [0.1, 0.15) is 21.5 Å². The highest BCUT2D eigenvalue weighted by molar-refractivity contribution is 6.30. The van der Waals surface area contributed by atoms with Gasteiger partial charge in [-0.3, -0.25) is 9.59 Å². The van der Waals surface area contributed by atoms with Gasteiger partial charge in [-0.2, -0.15) is 8.78 Å². The molecular weight excluding hydrogens is 506 g/mol. The monoisotopic (exact) mass is 530 g/mol. The van der Waals surface area contributed by atoms with E-state index in [-0.39, 0.29) is 30.2 Å². The maximum Gasteiger partial charge on any atom is 0.387 e. The average molecular weight is 531 g/mol. The largest absolute Gasteiger partial charge is 0.493 e. The maximum atomic E-state index is 12.8. The van der Waals surface area contributed by atoms with Crippen LogP contribution in [-0.4, -0.2) is 43.3 Å². The molecule has 3 aromatic carbocycles. The first-order chi connectivity index (χ1) is 17.8. The van der Waals surface area contributed by atoms with Crippen molar-refractivity contribution in [3.05, 3.63) is 100 Å². The fourth-order valence-corrected chi connectivity index (χ4v) is 3.30. The Hall–Kier alpha value is -3.95. The number of rotatable bonds is 12. The molecule has 3 N–H and O–H groups in total. The van der Waals surface area contributed by atoms with E-state index in [0.717, 1.165) is 5.56 Å². The van der Waals surface area contributed by atoms with Crippen LogP contribution < -0.4 is 20.1 Å². The summed E-state index contributed by atoms with van der Waals surface area (Å²) < 4.78 is 34.8. The smallest absolute Gasteiger partial charge is 0.387 e. The molecule has 0 aliphatic carbocycles. The van der Waals surface area contributed by atoms with E-state index in [1.54, 1.807) is 24.3 Å². The van der Waals surface area contributed by atoms with Crippen molar-refractivity contribution in [2.24, 2.45) is 0 Å². The van der Waals surface area contributed by atoms with E-state index < -0.39 is 18.4 Å². The lowest BCUT2D eigenvalue weighted by Gasteiger charge is -2.12. The summed E-state index contributed by atoms with van der Waals surface area (Å²) >= 11 is 5.89. The minimum Gasteiger partial charge on any atom is -0.493 e. The summed E-state index contributed by atoms with van der Waals surface area (Å²) in [5.41, 5.74) is 1.73. The van der Waals surface area contributed by atoms with Crippen molar-refractivity contribution in [2.75, 3.05) is 19.8 Å². The van der Waals surface area contributed by atoms with Gasteiger partial charge in [-0.05, 0) is 65.7 Å². The number of aliphatic hydroxyl groups excluding tert-OH is 1. The lowest BCUT2D eigenvalue weighted by Crippen LogP contribution is -2.36. The van der Waals surface area contributed by atoms with Crippen molar-refractivity contribution in [2.45, 2.75) is 13.0 Å². The van der Waals surface area contributed by atoms with Crippen LogP contribution >= 0.6 is 11.6 Å². The zero-order chi connectivity index (χ0) is 26.6. The van der Waals surface area contributed by atoms with E-state index in [1.165, 1.54) is 30.3 Å². The Morgan fingerprint density at radius 2 is 1.59 bits per heavy atom. The Morgan fingerprint density at radius 1 is 0.946 bits per heavy atom. The molecule has 2 amide bonds. The van der Waals surface area contributed by atoms with Crippen LogP contribution in [0.15, 0.2) is 78.5 Å². The van der Waals surface area contributed by atoms with E-state index in [0.29, 0.717) is 29.4 Å². The molecule has 194 valence electrons. The topological polar surface area (TPSA) is 96.9 Å². The predicted octanol–water partition coefficient (Wildman–Crippen LogP) is 4.44. The molecule has 0 unspecified atom stereocenters. The fourth-order valence-electron chi connectivity index (χ4n) is 3.17. The van der Waals surface area contributed by atoms with Crippen LogP contribution in [0.5, 0.6) is 11.5 Å². The molecule has 10 heteroatoms. The van der Waals surface area contributed by atoms with Gasteiger partial charge in [0.05, 0.1) is 13.2 Å². The van der Waals surface area contributed by atoms with Gasteiger partial charge in [0, 0.05) is 23.6 Å². The van der Waals surface area contributed by atoms with Crippen LogP contribution in [0, 0.1) is 0 Å². The standard InChI is InChI=1S/C27H25ClF2N2O5/c28-21-7-1-18(2-8-21)13-16-36-22-11-5-20(6-12-22)25(34)32-24(26(35)31-14-15-33)17-19-3-9-23(10-4-19)37-27(29)30/h1-12,17,27,33H,13-16H2,(H,31,35)(H,32,34)/b24-17+. The highest BCUT2D eigenvalue weighted by atomic mass is 35.5. The molecule has 37 heavy (non-hydrogen) atoms. The normalized spacial score (nSPS) is 11.2. The Bertz CT molecular complexity index is 1200. The molecule has 0 radical (unpaired) electrons. The van der Waals surface area contributed by atoms with Crippen LogP contribution in [0.25, 0.3) is 6.08 Å². The number of nitrogens with one attached hydrogen (secondary N) is 2. The molecule has 0 aliphatic rings. The van der Waals surface area contributed by atoms with E-state index in [2.05, 4.69) is 15.4 Å². The van der Waals surface area contributed by atoms with Crippen LogP contribution in [0.3, 0.4) is 0 Å². The molecule has 0 bridgehead atoms. The van der Waals surface area contributed by atoms with Gasteiger partial charge in [0.1, 0.15) is 17.2 Å². The van der Waals surface area contributed by atoms with Crippen molar-refractivity contribution in [1.82, 2.24) is 10.6 Å². The van der Waals surface area contributed by atoms with Crippen molar-refractivity contribution >= 4 is 29.5 Å². The maximum absolute atomic E-state index is 12.8. The van der Waals surface area contributed by atoms with Crippen molar-refractivity contribution in [1.29, 1.82) is 0 Å². The Labute approximate surface area is 217 Å². The molecule has 0 saturated heterocycles. The minimum absolute atomic E-state index is 0.0186. The Morgan fingerprint density at radius 3 is 2.22 bits per heavy atom. The van der Waals surface area contributed by atoms with E-state index in [9.17, 15) is 18.4 Å². The number of hydrogen-bond acceptors (Lipinski definition) is 5. The molecular formula is C27H25ClF2N2O5. The minimum atomic E-state index is -2.96. The third-order valence-corrected chi connectivity index (χ3v) is 5.25. The van der Waals surface area contributed by atoms with Crippen molar-refractivity contribution < 1.29 is 33.0 Å². The molecule has 0 atom stereocenters. The fraction of sp³-hybridized carbons (Fsp3) is 0.185. The Kier molecular flexibility index (Phi) is 10.4.